The molecule has 0 saturated heterocycles. The maximum atomic E-state index is 14.2. The standard InChI is InChI=1S/C18H20FNO/c1-12-10-11-14-6-3-4-8-16(14)20(12)17-9-5-7-15(19)18(17)13(2)21/h3-9,12-13,21H,10-11H2,1-2H3/t12?,13-/m0/s1. The summed E-state index contributed by atoms with van der Waals surface area (Å²) in [6.45, 7) is 3.76. The average molecular weight is 285 g/mol. The summed E-state index contributed by atoms with van der Waals surface area (Å²) in [5.41, 5.74) is 3.53. The zero-order valence-electron chi connectivity index (χ0n) is 12.4. The van der Waals surface area contributed by atoms with Crippen molar-refractivity contribution < 1.29 is 9.50 Å². The molecule has 1 aliphatic heterocycles. The first-order valence-corrected chi connectivity index (χ1v) is 7.43. The molecular weight excluding hydrogens is 265 g/mol. The first-order chi connectivity index (χ1) is 10.1. The smallest absolute Gasteiger partial charge is 0.131 e. The Morgan fingerprint density at radius 2 is 1.86 bits per heavy atom. The van der Waals surface area contributed by atoms with Gasteiger partial charge in [-0.2, -0.15) is 0 Å². The van der Waals surface area contributed by atoms with Crippen LogP contribution in [0.15, 0.2) is 42.5 Å². The highest BCUT2D eigenvalue weighted by molar-refractivity contribution is 5.71. The molecule has 0 aromatic heterocycles. The van der Waals surface area contributed by atoms with Gasteiger partial charge >= 0.3 is 0 Å². The summed E-state index contributed by atoms with van der Waals surface area (Å²) in [6, 6.07) is 13.5. The molecule has 3 rings (SSSR count). The molecule has 0 fully saturated rings. The molecular formula is C18H20FNO. The number of rotatable bonds is 2. The van der Waals surface area contributed by atoms with Gasteiger partial charge in [-0.15, -0.1) is 0 Å². The number of nitrogens with zero attached hydrogens (tertiary/aromatic N) is 1. The van der Waals surface area contributed by atoms with Crippen LogP contribution in [0.3, 0.4) is 0 Å². The number of halogens is 1. The maximum absolute atomic E-state index is 14.2. The van der Waals surface area contributed by atoms with E-state index in [2.05, 4.69) is 24.0 Å². The Balaban J connectivity index is 2.19. The number of aryl methyl sites for hydroxylation is 1. The fourth-order valence-electron chi connectivity index (χ4n) is 3.20. The van der Waals surface area contributed by atoms with Crippen LogP contribution in [0.2, 0.25) is 0 Å². The quantitative estimate of drug-likeness (QED) is 0.886. The van der Waals surface area contributed by atoms with Crippen LogP contribution in [-0.2, 0) is 6.42 Å². The van der Waals surface area contributed by atoms with E-state index >= 15 is 0 Å². The first kappa shape index (κ1) is 14.1. The molecule has 0 amide bonds. The number of fused-ring (bicyclic) bond motifs is 1. The highest BCUT2D eigenvalue weighted by Gasteiger charge is 2.27. The normalized spacial score (nSPS) is 19.2. The van der Waals surface area contributed by atoms with E-state index in [-0.39, 0.29) is 11.9 Å². The van der Waals surface area contributed by atoms with Crippen molar-refractivity contribution in [1.82, 2.24) is 0 Å². The summed E-state index contributed by atoms with van der Waals surface area (Å²) >= 11 is 0. The van der Waals surface area contributed by atoms with Crippen LogP contribution in [0.5, 0.6) is 0 Å². The maximum Gasteiger partial charge on any atom is 0.131 e. The van der Waals surface area contributed by atoms with E-state index in [4.69, 9.17) is 0 Å². The predicted molar refractivity (Wildman–Crippen MR) is 83.4 cm³/mol. The molecule has 2 atom stereocenters. The summed E-state index contributed by atoms with van der Waals surface area (Å²) in [4.78, 5) is 2.16. The molecule has 1 heterocycles. The minimum absolute atomic E-state index is 0.277. The highest BCUT2D eigenvalue weighted by Crippen LogP contribution is 2.40. The lowest BCUT2D eigenvalue weighted by Gasteiger charge is -2.38. The molecule has 1 unspecified atom stereocenters. The summed E-state index contributed by atoms with van der Waals surface area (Å²) in [7, 11) is 0. The Bertz CT molecular complexity index is 653. The van der Waals surface area contributed by atoms with Crippen molar-refractivity contribution in [2.75, 3.05) is 4.90 Å². The SMILES string of the molecule is CC1CCc2ccccc2N1c1cccc(F)c1[C@H](C)O. The van der Waals surface area contributed by atoms with Gasteiger partial charge in [-0.1, -0.05) is 24.3 Å². The van der Waals surface area contributed by atoms with Crippen molar-refractivity contribution in [2.45, 2.75) is 38.8 Å². The van der Waals surface area contributed by atoms with E-state index in [1.54, 1.807) is 13.0 Å². The minimum Gasteiger partial charge on any atom is -0.389 e. The van der Waals surface area contributed by atoms with E-state index in [1.165, 1.54) is 11.6 Å². The molecule has 0 spiro atoms. The molecule has 0 aliphatic carbocycles. The van der Waals surface area contributed by atoms with Gasteiger partial charge in [0.2, 0.25) is 0 Å². The predicted octanol–water partition coefficient (Wildman–Crippen LogP) is 4.35. The van der Waals surface area contributed by atoms with Crippen LogP contribution in [0.25, 0.3) is 0 Å². The Morgan fingerprint density at radius 3 is 2.62 bits per heavy atom. The molecule has 2 aromatic carbocycles. The third kappa shape index (κ3) is 2.42. The van der Waals surface area contributed by atoms with Gasteiger partial charge in [0.1, 0.15) is 5.82 Å². The molecule has 0 saturated carbocycles. The van der Waals surface area contributed by atoms with Crippen LogP contribution in [0.4, 0.5) is 15.8 Å². The number of aliphatic hydroxyl groups is 1. The number of hydrogen-bond donors (Lipinski definition) is 1. The lowest BCUT2D eigenvalue weighted by atomic mass is 9.94. The molecule has 21 heavy (non-hydrogen) atoms. The Kier molecular flexibility index (Phi) is 3.68. The second-order valence-corrected chi connectivity index (χ2v) is 5.74. The largest absolute Gasteiger partial charge is 0.389 e. The van der Waals surface area contributed by atoms with Gasteiger partial charge in [-0.05, 0) is 50.5 Å². The van der Waals surface area contributed by atoms with Crippen molar-refractivity contribution in [2.24, 2.45) is 0 Å². The van der Waals surface area contributed by atoms with Gasteiger partial charge in [-0.3, -0.25) is 0 Å². The lowest BCUT2D eigenvalue weighted by Crippen LogP contribution is -2.34. The third-order valence-electron chi connectivity index (χ3n) is 4.23. The van der Waals surface area contributed by atoms with Crippen LogP contribution >= 0.6 is 0 Å². The van der Waals surface area contributed by atoms with Crippen molar-refractivity contribution in [3.8, 4) is 0 Å². The molecule has 2 aromatic rings. The molecule has 110 valence electrons. The van der Waals surface area contributed by atoms with Crippen molar-refractivity contribution in [3.63, 3.8) is 0 Å². The first-order valence-electron chi connectivity index (χ1n) is 7.43. The number of benzene rings is 2. The molecule has 2 nitrogen and oxygen atoms in total. The van der Waals surface area contributed by atoms with Gasteiger partial charge in [0.15, 0.2) is 0 Å². The zero-order valence-corrected chi connectivity index (χ0v) is 12.4. The van der Waals surface area contributed by atoms with E-state index in [0.29, 0.717) is 5.56 Å². The number of anilines is 2. The minimum atomic E-state index is -0.831. The van der Waals surface area contributed by atoms with Crippen LogP contribution < -0.4 is 4.90 Å². The van der Waals surface area contributed by atoms with Crippen molar-refractivity contribution in [3.05, 3.63) is 59.4 Å². The monoisotopic (exact) mass is 285 g/mol. The van der Waals surface area contributed by atoms with Gasteiger partial charge in [0.05, 0.1) is 11.8 Å². The molecule has 1 N–H and O–H groups in total. The van der Waals surface area contributed by atoms with E-state index in [9.17, 15) is 9.50 Å². The zero-order chi connectivity index (χ0) is 15.0. The number of aliphatic hydroxyl groups excluding tert-OH is 1. The fraction of sp³-hybridized carbons (Fsp3) is 0.333. The van der Waals surface area contributed by atoms with Gasteiger partial charge in [-0.25, -0.2) is 4.39 Å². The van der Waals surface area contributed by atoms with E-state index in [1.807, 2.05) is 18.2 Å². The topological polar surface area (TPSA) is 23.5 Å². The Hall–Kier alpha value is -1.87. The van der Waals surface area contributed by atoms with Crippen LogP contribution in [-0.4, -0.2) is 11.1 Å². The van der Waals surface area contributed by atoms with E-state index < -0.39 is 6.10 Å². The van der Waals surface area contributed by atoms with Crippen molar-refractivity contribution in [1.29, 1.82) is 0 Å². The lowest BCUT2D eigenvalue weighted by molar-refractivity contribution is 0.194. The second kappa shape index (κ2) is 5.49. The summed E-state index contributed by atoms with van der Waals surface area (Å²) in [5, 5.41) is 9.98. The molecule has 1 aliphatic rings. The van der Waals surface area contributed by atoms with Gasteiger partial charge < -0.3 is 10.0 Å². The third-order valence-corrected chi connectivity index (χ3v) is 4.23. The fourth-order valence-corrected chi connectivity index (χ4v) is 3.20. The van der Waals surface area contributed by atoms with Crippen LogP contribution in [0.1, 0.15) is 37.5 Å². The molecule has 0 bridgehead atoms. The molecule has 0 radical (unpaired) electrons. The highest BCUT2D eigenvalue weighted by atomic mass is 19.1. The summed E-state index contributed by atoms with van der Waals surface area (Å²) < 4.78 is 14.2. The Labute approximate surface area is 124 Å². The second-order valence-electron chi connectivity index (χ2n) is 5.74. The molecule has 3 heteroatoms. The average Bonchev–Trinajstić information content (AvgIpc) is 2.46. The summed E-state index contributed by atoms with van der Waals surface area (Å²) in [5.74, 6) is -0.349. The van der Waals surface area contributed by atoms with Crippen molar-refractivity contribution >= 4 is 11.4 Å². The Morgan fingerprint density at radius 1 is 1.14 bits per heavy atom. The van der Waals surface area contributed by atoms with Crippen LogP contribution in [0, 0.1) is 5.82 Å². The summed E-state index contributed by atoms with van der Waals surface area (Å²) in [6.07, 6.45) is 1.22. The van der Waals surface area contributed by atoms with Gasteiger partial charge in [0.25, 0.3) is 0 Å². The number of hydrogen-bond acceptors (Lipinski definition) is 2. The van der Waals surface area contributed by atoms with Gasteiger partial charge in [0, 0.05) is 17.3 Å². The van der Waals surface area contributed by atoms with E-state index in [0.717, 1.165) is 24.2 Å². The number of para-hydroxylation sites is 1.